The average Bonchev–Trinajstić information content (AvgIpc) is 3.34. The van der Waals surface area contributed by atoms with Crippen LogP contribution >= 0.6 is 19.2 Å². The van der Waals surface area contributed by atoms with Gasteiger partial charge in [0.25, 0.3) is 6.48 Å². The molecular weight excluding hydrogens is 405 g/mol. The SMILES string of the molecule is COC1OC2[C@@H](O1)[C@@H](COP(=O)(O)CCl)O[C@H]2n1cnc2c(N)ncnc21. The molecule has 2 fully saturated rings. The summed E-state index contributed by atoms with van der Waals surface area (Å²) in [4.78, 5) is 21.9. The van der Waals surface area contributed by atoms with E-state index in [0.717, 1.165) is 0 Å². The zero-order valence-corrected chi connectivity index (χ0v) is 15.7. The standard InChI is InChI=1S/C13H17ClN5O7P/c1-22-13-25-8-6(2-23-27(20,21)3-14)24-12(9(8)26-13)19-5-18-7-10(15)16-4-17-11(7)19/h4-6,8-9,12-13H,2-3H2,1H3,(H,20,21)(H2,15,16,17)/t6-,8+,9?,12-,13?/m1/s1. The fourth-order valence-corrected chi connectivity index (χ4v) is 3.71. The highest BCUT2D eigenvalue weighted by Crippen LogP contribution is 2.46. The predicted octanol–water partition coefficient (Wildman–Crippen LogP) is 0.418. The highest BCUT2D eigenvalue weighted by Gasteiger charge is 2.54. The Hall–Kier alpha value is -1.37. The number of nitrogen functional groups attached to an aromatic ring is 1. The van der Waals surface area contributed by atoms with Gasteiger partial charge in [-0.15, -0.1) is 11.6 Å². The maximum atomic E-state index is 11.7. The molecule has 12 nitrogen and oxygen atoms in total. The van der Waals surface area contributed by atoms with E-state index in [9.17, 15) is 9.46 Å². The van der Waals surface area contributed by atoms with E-state index in [4.69, 9.17) is 40.8 Å². The Balaban J connectivity index is 1.62. The molecule has 0 saturated carbocycles. The molecule has 0 radical (unpaired) electrons. The summed E-state index contributed by atoms with van der Waals surface area (Å²) in [6.07, 6.45) is 0.214. The van der Waals surface area contributed by atoms with Gasteiger partial charge in [0, 0.05) is 7.11 Å². The smallest absolute Gasteiger partial charge is 0.342 e. The molecule has 3 N–H and O–H groups in total. The zero-order chi connectivity index (χ0) is 19.2. The molecule has 4 heterocycles. The van der Waals surface area contributed by atoms with E-state index in [-0.39, 0.29) is 12.4 Å². The minimum Gasteiger partial charge on any atom is -0.382 e. The van der Waals surface area contributed by atoms with Crippen LogP contribution in [0.2, 0.25) is 0 Å². The van der Waals surface area contributed by atoms with Gasteiger partial charge in [-0.05, 0) is 0 Å². The third kappa shape index (κ3) is 3.43. The van der Waals surface area contributed by atoms with Crippen molar-refractivity contribution < 1.29 is 32.9 Å². The number of hydrogen-bond donors (Lipinski definition) is 2. The van der Waals surface area contributed by atoms with Crippen LogP contribution in [0.15, 0.2) is 12.7 Å². The van der Waals surface area contributed by atoms with E-state index in [1.165, 1.54) is 19.8 Å². The lowest BCUT2D eigenvalue weighted by atomic mass is 10.1. The second-order valence-electron chi connectivity index (χ2n) is 5.93. The highest BCUT2D eigenvalue weighted by molar-refractivity contribution is 7.54. The number of fused-ring (bicyclic) bond motifs is 2. The molecule has 2 aromatic heterocycles. The quantitative estimate of drug-likeness (QED) is 0.492. The van der Waals surface area contributed by atoms with E-state index >= 15 is 0 Å². The molecule has 148 valence electrons. The molecule has 14 heteroatoms. The monoisotopic (exact) mass is 421 g/mol. The molecule has 0 spiro atoms. The molecule has 0 aromatic carbocycles. The lowest BCUT2D eigenvalue weighted by Crippen LogP contribution is -2.31. The van der Waals surface area contributed by atoms with Crippen LogP contribution in [-0.4, -0.2) is 68.5 Å². The highest BCUT2D eigenvalue weighted by atomic mass is 35.5. The number of methoxy groups -OCH3 is 1. The van der Waals surface area contributed by atoms with Gasteiger partial charge in [-0.1, -0.05) is 0 Å². The van der Waals surface area contributed by atoms with Gasteiger partial charge in [-0.25, -0.2) is 15.0 Å². The summed E-state index contributed by atoms with van der Waals surface area (Å²) in [5.41, 5.74) is 6.16. The van der Waals surface area contributed by atoms with Crippen molar-refractivity contribution in [2.24, 2.45) is 0 Å². The van der Waals surface area contributed by atoms with Crippen LogP contribution in [0.4, 0.5) is 5.82 Å². The van der Waals surface area contributed by atoms with Crippen LogP contribution in [0.3, 0.4) is 0 Å². The molecular formula is C13H17ClN5O7P. The molecule has 0 aliphatic carbocycles. The molecule has 27 heavy (non-hydrogen) atoms. The molecule has 6 atom stereocenters. The summed E-state index contributed by atoms with van der Waals surface area (Å²) in [6.45, 7) is -1.13. The molecule has 2 aliphatic rings. The number of anilines is 1. The fraction of sp³-hybridized carbons (Fsp3) is 0.615. The number of ether oxygens (including phenoxy) is 4. The minimum absolute atomic E-state index is 0.221. The summed E-state index contributed by atoms with van der Waals surface area (Å²) in [5.74, 6) is 0.231. The van der Waals surface area contributed by atoms with Crippen LogP contribution in [0.5, 0.6) is 0 Å². The second-order valence-corrected chi connectivity index (χ2v) is 8.42. The number of imidazole rings is 1. The topological polar surface area (TPSA) is 153 Å². The third-order valence-corrected chi connectivity index (χ3v) is 6.03. The molecule has 2 aliphatic heterocycles. The van der Waals surface area contributed by atoms with Crippen molar-refractivity contribution in [3.63, 3.8) is 0 Å². The van der Waals surface area contributed by atoms with Gasteiger partial charge in [0.05, 0.1) is 12.9 Å². The van der Waals surface area contributed by atoms with Gasteiger partial charge in [-0.2, -0.15) is 0 Å². The number of nitrogens with zero attached hydrogens (tertiary/aromatic N) is 4. The van der Waals surface area contributed by atoms with Gasteiger partial charge in [-0.3, -0.25) is 9.13 Å². The van der Waals surface area contributed by atoms with E-state index in [1.54, 1.807) is 4.57 Å². The van der Waals surface area contributed by atoms with Crippen molar-refractivity contribution in [1.82, 2.24) is 19.5 Å². The van der Waals surface area contributed by atoms with Gasteiger partial charge in [0.1, 0.15) is 35.8 Å². The lowest BCUT2D eigenvalue weighted by Gasteiger charge is -2.21. The number of aromatic nitrogens is 4. The number of hydrogen-bond acceptors (Lipinski definition) is 10. The first-order valence-electron chi connectivity index (χ1n) is 7.88. The van der Waals surface area contributed by atoms with Crippen LogP contribution in [-0.2, 0) is 28.0 Å². The van der Waals surface area contributed by atoms with Gasteiger partial charge >= 0.3 is 7.60 Å². The fourth-order valence-electron chi connectivity index (χ4n) is 3.06. The van der Waals surface area contributed by atoms with Crippen molar-refractivity contribution in [3.05, 3.63) is 12.7 Å². The minimum atomic E-state index is -3.91. The molecule has 0 bridgehead atoms. The lowest BCUT2D eigenvalue weighted by molar-refractivity contribution is -0.256. The van der Waals surface area contributed by atoms with Crippen molar-refractivity contribution in [2.75, 3.05) is 25.1 Å². The van der Waals surface area contributed by atoms with E-state index in [0.29, 0.717) is 11.2 Å². The zero-order valence-electron chi connectivity index (χ0n) is 14.0. The normalized spacial score (nSPS) is 32.6. The van der Waals surface area contributed by atoms with Crippen LogP contribution < -0.4 is 5.73 Å². The molecule has 0 amide bonds. The van der Waals surface area contributed by atoms with E-state index in [2.05, 4.69) is 15.0 Å². The molecule has 2 saturated heterocycles. The Morgan fingerprint density at radius 3 is 2.85 bits per heavy atom. The number of rotatable bonds is 6. The number of halogens is 1. The first-order chi connectivity index (χ1) is 12.9. The average molecular weight is 422 g/mol. The summed E-state index contributed by atoms with van der Waals surface area (Å²) in [6, 6.07) is 0. The van der Waals surface area contributed by atoms with Gasteiger partial charge in [0.15, 0.2) is 17.7 Å². The summed E-state index contributed by atoms with van der Waals surface area (Å²) in [5, 5.41) is 0. The van der Waals surface area contributed by atoms with Crippen molar-refractivity contribution >= 4 is 36.2 Å². The van der Waals surface area contributed by atoms with Crippen molar-refractivity contribution in [3.8, 4) is 0 Å². The largest absolute Gasteiger partial charge is 0.382 e. The Morgan fingerprint density at radius 1 is 1.33 bits per heavy atom. The summed E-state index contributed by atoms with van der Waals surface area (Å²) in [7, 11) is -2.47. The number of nitrogens with two attached hydrogens (primary N) is 1. The maximum Gasteiger partial charge on any atom is 0.342 e. The van der Waals surface area contributed by atoms with Gasteiger partial charge < -0.3 is 34.1 Å². The first kappa shape index (κ1) is 19.0. The van der Waals surface area contributed by atoms with Crippen molar-refractivity contribution in [2.45, 2.75) is 31.0 Å². The Bertz CT molecular complexity index is 884. The van der Waals surface area contributed by atoms with Crippen molar-refractivity contribution in [1.29, 1.82) is 0 Å². The Labute approximate surface area is 158 Å². The predicted molar refractivity (Wildman–Crippen MR) is 90.7 cm³/mol. The molecule has 4 rings (SSSR count). The van der Waals surface area contributed by atoms with Crippen LogP contribution in [0, 0.1) is 0 Å². The van der Waals surface area contributed by atoms with Crippen LogP contribution in [0.25, 0.3) is 11.2 Å². The first-order valence-corrected chi connectivity index (χ1v) is 10.2. The third-order valence-electron chi connectivity index (χ3n) is 4.27. The van der Waals surface area contributed by atoms with Gasteiger partial charge in [0.2, 0.25) is 0 Å². The van der Waals surface area contributed by atoms with E-state index in [1.807, 2.05) is 0 Å². The van der Waals surface area contributed by atoms with Crippen LogP contribution in [0.1, 0.15) is 6.23 Å². The molecule has 2 aromatic rings. The Kier molecular flexibility index (Phi) is 5.08. The Morgan fingerprint density at radius 2 is 2.11 bits per heavy atom. The van der Waals surface area contributed by atoms with E-state index < -0.39 is 44.2 Å². The number of alkyl halides is 1. The summed E-state index contributed by atoms with van der Waals surface area (Å²) >= 11 is 5.43. The molecule has 3 unspecified atom stereocenters. The maximum absolute atomic E-state index is 11.7. The second kappa shape index (κ2) is 7.22. The summed E-state index contributed by atoms with van der Waals surface area (Å²) < 4.78 is 40.8.